The van der Waals surface area contributed by atoms with Crippen LogP contribution < -0.4 is 10.1 Å². The highest BCUT2D eigenvalue weighted by Crippen LogP contribution is 2.53. The van der Waals surface area contributed by atoms with E-state index in [4.69, 9.17) is 27.9 Å². The quantitative estimate of drug-likeness (QED) is 0.751. The van der Waals surface area contributed by atoms with Gasteiger partial charge >= 0.3 is 0 Å². The summed E-state index contributed by atoms with van der Waals surface area (Å²) >= 11 is 11.8. The van der Waals surface area contributed by atoms with Gasteiger partial charge in [-0.3, -0.25) is 4.79 Å². The number of amides is 1. The van der Waals surface area contributed by atoms with E-state index in [9.17, 15) is 4.79 Å². The van der Waals surface area contributed by atoms with E-state index in [1.54, 1.807) is 0 Å². The number of carbonyl (C=O) groups excluding carboxylic acids is 1. The number of carbonyl (C=O) groups is 1. The molecule has 0 bridgehead atoms. The number of hydrogen-bond acceptors (Lipinski definition) is 2. The highest BCUT2D eigenvalue weighted by molar-refractivity contribution is 6.52. The summed E-state index contributed by atoms with van der Waals surface area (Å²) in [5, 5.41) is 2.87. The molecular formula is C19H19Cl2NO2. The number of benzene rings is 2. The van der Waals surface area contributed by atoms with E-state index in [1.807, 2.05) is 54.6 Å². The first-order valence-electron chi connectivity index (χ1n) is 7.96. The molecule has 2 aromatic carbocycles. The molecule has 3 rings (SSSR count). The molecule has 0 spiro atoms. The van der Waals surface area contributed by atoms with Crippen molar-refractivity contribution in [3.05, 3.63) is 65.7 Å². The van der Waals surface area contributed by atoms with Crippen LogP contribution >= 0.6 is 23.2 Å². The van der Waals surface area contributed by atoms with Crippen molar-refractivity contribution >= 4 is 29.1 Å². The predicted molar refractivity (Wildman–Crippen MR) is 96.5 cm³/mol. The second-order valence-corrected chi connectivity index (χ2v) is 7.52. The van der Waals surface area contributed by atoms with Crippen LogP contribution in [-0.4, -0.2) is 16.8 Å². The topological polar surface area (TPSA) is 38.3 Å². The molecule has 3 nitrogen and oxygen atoms in total. The predicted octanol–water partition coefficient (Wildman–Crippen LogP) is 4.12. The van der Waals surface area contributed by atoms with Crippen LogP contribution in [-0.2, 0) is 17.8 Å². The SMILES string of the molecule is O=C(NCCc1ccc(OCc2ccccc2)cc1)C1CC1(Cl)Cl. The maximum atomic E-state index is 11.8. The number of hydrogen-bond donors (Lipinski definition) is 1. The Morgan fingerprint density at radius 1 is 1.08 bits per heavy atom. The van der Waals surface area contributed by atoms with Crippen molar-refractivity contribution in [3.8, 4) is 5.75 Å². The Hall–Kier alpha value is -1.71. The molecule has 1 unspecified atom stereocenters. The van der Waals surface area contributed by atoms with Crippen LogP contribution in [0.4, 0.5) is 0 Å². The number of halogens is 2. The summed E-state index contributed by atoms with van der Waals surface area (Å²) in [6.45, 7) is 1.12. The minimum atomic E-state index is -0.859. The first-order valence-corrected chi connectivity index (χ1v) is 8.71. The third-order valence-electron chi connectivity index (χ3n) is 4.03. The fraction of sp³-hybridized carbons (Fsp3) is 0.316. The average molecular weight is 364 g/mol. The molecule has 1 saturated carbocycles. The molecule has 0 radical (unpaired) electrons. The zero-order chi connectivity index (χ0) is 17.0. The molecule has 1 amide bonds. The highest BCUT2D eigenvalue weighted by atomic mass is 35.5. The Kier molecular flexibility index (Phi) is 5.32. The van der Waals surface area contributed by atoms with Crippen molar-refractivity contribution in [3.63, 3.8) is 0 Å². The number of alkyl halides is 2. The van der Waals surface area contributed by atoms with Crippen LogP contribution in [0.25, 0.3) is 0 Å². The highest BCUT2D eigenvalue weighted by Gasteiger charge is 2.56. The van der Waals surface area contributed by atoms with Gasteiger partial charge in [-0.2, -0.15) is 0 Å². The van der Waals surface area contributed by atoms with Crippen molar-refractivity contribution < 1.29 is 9.53 Å². The summed E-state index contributed by atoms with van der Waals surface area (Å²) in [6, 6.07) is 18.0. The fourth-order valence-electron chi connectivity index (χ4n) is 2.44. The van der Waals surface area contributed by atoms with Gasteiger partial charge in [0, 0.05) is 6.54 Å². The molecule has 24 heavy (non-hydrogen) atoms. The van der Waals surface area contributed by atoms with E-state index in [0.717, 1.165) is 23.3 Å². The second-order valence-electron chi connectivity index (χ2n) is 5.98. The first kappa shape index (κ1) is 17.1. The first-order chi connectivity index (χ1) is 11.5. The second kappa shape index (κ2) is 7.45. The molecule has 1 atom stereocenters. The Bertz CT molecular complexity index is 686. The number of ether oxygens (including phenoxy) is 1. The van der Waals surface area contributed by atoms with E-state index >= 15 is 0 Å². The van der Waals surface area contributed by atoms with Gasteiger partial charge in [0.05, 0.1) is 5.92 Å². The molecular weight excluding hydrogens is 345 g/mol. The van der Waals surface area contributed by atoms with Crippen LogP contribution in [0.5, 0.6) is 5.75 Å². The fourth-order valence-corrected chi connectivity index (χ4v) is 2.95. The Morgan fingerprint density at radius 2 is 1.75 bits per heavy atom. The lowest BCUT2D eigenvalue weighted by atomic mass is 10.1. The molecule has 126 valence electrons. The third-order valence-corrected chi connectivity index (χ3v) is 4.86. The molecule has 2 aromatic rings. The Labute approximate surface area is 151 Å². The molecule has 1 aliphatic carbocycles. The molecule has 0 aliphatic heterocycles. The lowest BCUT2D eigenvalue weighted by Gasteiger charge is -2.08. The van der Waals surface area contributed by atoms with Gasteiger partial charge in [-0.15, -0.1) is 23.2 Å². The van der Waals surface area contributed by atoms with Gasteiger partial charge in [-0.1, -0.05) is 42.5 Å². The summed E-state index contributed by atoms with van der Waals surface area (Å²) in [6.07, 6.45) is 1.30. The van der Waals surface area contributed by atoms with E-state index in [-0.39, 0.29) is 11.8 Å². The summed E-state index contributed by atoms with van der Waals surface area (Å²) in [7, 11) is 0. The van der Waals surface area contributed by atoms with Crippen LogP contribution in [0.1, 0.15) is 17.5 Å². The van der Waals surface area contributed by atoms with Gasteiger partial charge in [0.15, 0.2) is 0 Å². The summed E-state index contributed by atoms with van der Waals surface area (Å²) < 4.78 is 4.89. The maximum absolute atomic E-state index is 11.8. The lowest BCUT2D eigenvalue weighted by Crippen LogP contribution is -2.28. The molecule has 1 aliphatic rings. The van der Waals surface area contributed by atoms with Crippen molar-refractivity contribution in [2.75, 3.05) is 6.54 Å². The van der Waals surface area contributed by atoms with Crippen LogP contribution in [0.2, 0.25) is 0 Å². The van der Waals surface area contributed by atoms with Crippen LogP contribution in [0.15, 0.2) is 54.6 Å². The number of rotatable bonds is 7. The van der Waals surface area contributed by atoms with E-state index in [0.29, 0.717) is 19.6 Å². The van der Waals surface area contributed by atoms with Crippen LogP contribution in [0.3, 0.4) is 0 Å². The lowest BCUT2D eigenvalue weighted by molar-refractivity contribution is -0.122. The van der Waals surface area contributed by atoms with Crippen molar-refractivity contribution in [1.82, 2.24) is 5.32 Å². The smallest absolute Gasteiger partial charge is 0.226 e. The van der Waals surface area contributed by atoms with Gasteiger partial charge < -0.3 is 10.1 Å². The monoisotopic (exact) mass is 363 g/mol. The van der Waals surface area contributed by atoms with E-state index in [1.165, 1.54) is 0 Å². The van der Waals surface area contributed by atoms with Crippen LogP contribution in [0, 0.1) is 5.92 Å². The van der Waals surface area contributed by atoms with E-state index in [2.05, 4.69) is 5.32 Å². The zero-order valence-corrected chi connectivity index (χ0v) is 14.7. The zero-order valence-electron chi connectivity index (χ0n) is 13.2. The molecule has 5 heteroatoms. The Morgan fingerprint density at radius 3 is 2.38 bits per heavy atom. The standard InChI is InChI=1S/C19H19Cl2NO2/c20-19(21)12-17(19)18(23)22-11-10-14-6-8-16(9-7-14)24-13-15-4-2-1-3-5-15/h1-9,17H,10-13H2,(H,22,23). The molecule has 0 heterocycles. The molecule has 1 N–H and O–H groups in total. The van der Waals surface area contributed by atoms with Crippen molar-refractivity contribution in [2.24, 2.45) is 5.92 Å². The van der Waals surface area contributed by atoms with Crippen molar-refractivity contribution in [2.45, 2.75) is 23.8 Å². The van der Waals surface area contributed by atoms with Gasteiger partial charge in [-0.25, -0.2) is 0 Å². The summed E-state index contributed by atoms with van der Waals surface area (Å²) in [5.41, 5.74) is 2.28. The summed E-state index contributed by atoms with van der Waals surface area (Å²) in [4.78, 5) is 11.8. The minimum absolute atomic E-state index is 0.0668. The van der Waals surface area contributed by atoms with Gasteiger partial charge in [0.1, 0.15) is 16.7 Å². The Balaban J connectivity index is 1.41. The number of nitrogens with one attached hydrogen (secondary N) is 1. The van der Waals surface area contributed by atoms with E-state index < -0.39 is 4.33 Å². The van der Waals surface area contributed by atoms with Gasteiger partial charge in [0.25, 0.3) is 0 Å². The van der Waals surface area contributed by atoms with Gasteiger partial charge in [-0.05, 0) is 36.1 Å². The molecule has 0 aromatic heterocycles. The molecule has 0 saturated heterocycles. The summed E-state index contributed by atoms with van der Waals surface area (Å²) in [5.74, 6) is 0.496. The third kappa shape index (κ3) is 4.65. The van der Waals surface area contributed by atoms with Gasteiger partial charge in [0.2, 0.25) is 5.91 Å². The largest absolute Gasteiger partial charge is 0.489 e. The molecule has 1 fully saturated rings. The average Bonchev–Trinajstić information content (AvgIpc) is 3.24. The minimum Gasteiger partial charge on any atom is -0.489 e. The van der Waals surface area contributed by atoms with Crippen molar-refractivity contribution in [1.29, 1.82) is 0 Å². The maximum Gasteiger partial charge on any atom is 0.226 e. The normalized spacial score (nSPS) is 18.0.